The molecule has 1 unspecified atom stereocenters. The molecule has 16 heavy (non-hydrogen) atoms. The van der Waals surface area contributed by atoms with Gasteiger partial charge in [-0.25, -0.2) is 0 Å². The molecule has 0 radical (unpaired) electrons. The van der Waals surface area contributed by atoms with Crippen molar-refractivity contribution in [3.8, 4) is 0 Å². The summed E-state index contributed by atoms with van der Waals surface area (Å²) in [4.78, 5) is 0. The van der Waals surface area contributed by atoms with E-state index in [0.29, 0.717) is 11.5 Å². The van der Waals surface area contributed by atoms with E-state index in [-0.39, 0.29) is 5.60 Å². The first-order chi connectivity index (χ1) is 7.46. The Labute approximate surface area is 101 Å². The average Bonchev–Trinajstić information content (AvgIpc) is 2.76. The van der Waals surface area contributed by atoms with Crippen LogP contribution in [0.4, 0.5) is 0 Å². The summed E-state index contributed by atoms with van der Waals surface area (Å²) in [5, 5.41) is 0. The largest absolute Gasteiger partial charge is 0.379 e. The van der Waals surface area contributed by atoms with E-state index in [0.717, 1.165) is 12.8 Å². The first-order valence-electron chi connectivity index (χ1n) is 6.76. The van der Waals surface area contributed by atoms with Crippen LogP contribution in [0.15, 0.2) is 0 Å². The molecule has 0 aromatic carbocycles. The van der Waals surface area contributed by atoms with Gasteiger partial charge in [0.2, 0.25) is 0 Å². The highest BCUT2D eigenvalue weighted by Gasteiger charge is 2.38. The van der Waals surface area contributed by atoms with Crippen LogP contribution < -0.4 is 5.73 Å². The third kappa shape index (κ3) is 3.21. The molecule has 2 nitrogen and oxygen atoms in total. The average molecular weight is 227 g/mol. The zero-order valence-corrected chi connectivity index (χ0v) is 11.5. The molecule has 0 aromatic rings. The predicted octanol–water partition coefficient (Wildman–Crippen LogP) is 3.49. The summed E-state index contributed by atoms with van der Waals surface area (Å²) in [6, 6.07) is 0.356. The molecule has 0 saturated heterocycles. The molecular formula is C14H29NO. The van der Waals surface area contributed by atoms with E-state index in [9.17, 15) is 0 Å². The van der Waals surface area contributed by atoms with Crippen LogP contribution in [0.1, 0.15) is 65.7 Å². The van der Waals surface area contributed by atoms with Gasteiger partial charge >= 0.3 is 0 Å². The molecule has 1 aliphatic rings. The van der Waals surface area contributed by atoms with Gasteiger partial charge in [0, 0.05) is 13.2 Å². The van der Waals surface area contributed by atoms with Crippen molar-refractivity contribution in [3.63, 3.8) is 0 Å². The van der Waals surface area contributed by atoms with Crippen molar-refractivity contribution in [3.05, 3.63) is 0 Å². The Morgan fingerprint density at radius 2 is 1.88 bits per heavy atom. The Balaban J connectivity index is 2.47. The van der Waals surface area contributed by atoms with Crippen molar-refractivity contribution < 1.29 is 4.74 Å². The maximum atomic E-state index is 6.43. The van der Waals surface area contributed by atoms with Gasteiger partial charge in [0.25, 0.3) is 0 Å². The summed E-state index contributed by atoms with van der Waals surface area (Å²) in [5.74, 6) is 0. The minimum absolute atomic E-state index is 0.0227. The molecule has 96 valence electrons. The molecule has 1 fully saturated rings. The van der Waals surface area contributed by atoms with Crippen molar-refractivity contribution in [2.24, 2.45) is 11.1 Å². The molecule has 0 aromatic heterocycles. The van der Waals surface area contributed by atoms with Crippen molar-refractivity contribution in [1.82, 2.24) is 0 Å². The van der Waals surface area contributed by atoms with E-state index in [1.165, 1.54) is 32.1 Å². The van der Waals surface area contributed by atoms with Crippen molar-refractivity contribution >= 4 is 0 Å². The van der Waals surface area contributed by atoms with Crippen molar-refractivity contribution in [2.45, 2.75) is 77.4 Å². The lowest BCUT2D eigenvalue weighted by molar-refractivity contribution is 0.00847. The van der Waals surface area contributed by atoms with E-state index >= 15 is 0 Å². The maximum Gasteiger partial charge on any atom is 0.0623 e. The molecule has 1 aliphatic carbocycles. The maximum absolute atomic E-state index is 6.43. The second kappa shape index (κ2) is 5.50. The van der Waals surface area contributed by atoms with Crippen LogP contribution in [0.3, 0.4) is 0 Å². The van der Waals surface area contributed by atoms with E-state index in [2.05, 4.69) is 20.8 Å². The third-order valence-corrected chi connectivity index (χ3v) is 4.70. The fourth-order valence-electron chi connectivity index (χ4n) is 2.98. The Kier molecular flexibility index (Phi) is 4.81. The highest BCUT2D eigenvalue weighted by molar-refractivity contribution is 4.92. The van der Waals surface area contributed by atoms with Gasteiger partial charge in [0.15, 0.2) is 0 Å². The summed E-state index contributed by atoms with van der Waals surface area (Å²) in [7, 11) is 1.79. The molecule has 2 heteroatoms. The molecule has 1 saturated carbocycles. The Morgan fingerprint density at radius 3 is 2.31 bits per heavy atom. The molecule has 0 heterocycles. The summed E-state index contributed by atoms with van der Waals surface area (Å²) in [6.45, 7) is 6.59. The summed E-state index contributed by atoms with van der Waals surface area (Å²) in [5.41, 5.74) is 6.84. The normalized spacial score (nSPS) is 22.3. The Hall–Kier alpha value is -0.0800. The van der Waals surface area contributed by atoms with E-state index < -0.39 is 0 Å². The molecule has 0 bridgehead atoms. The summed E-state index contributed by atoms with van der Waals surface area (Å²) < 4.78 is 5.46. The summed E-state index contributed by atoms with van der Waals surface area (Å²) in [6.07, 6.45) is 8.79. The van der Waals surface area contributed by atoms with Crippen LogP contribution in [-0.2, 0) is 4.74 Å². The summed E-state index contributed by atoms with van der Waals surface area (Å²) >= 11 is 0. The second-order valence-electron chi connectivity index (χ2n) is 6.03. The molecular weight excluding hydrogens is 198 g/mol. The van der Waals surface area contributed by atoms with Gasteiger partial charge in [0.1, 0.15) is 0 Å². The highest BCUT2D eigenvalue weighted by atomic mass is 16.5. The van der Waals surface area contributed by atoms with Gasteiger partial charge in [-0.15, -0.1) is 0 Å². The number of methoxy groups -OCH3 is 1. The fraction of sp³-hybridized carbons (Fsp3) is 1.00. The predicted molar refractivity (Wildman–Crippen MR) is 69.5 cm³/mol. The van der Waals surface area contributed by atoms with Gasteiger partial charge < -0.3 is 10.5 Å². The standard InChI is InChI=1S/C14H29NO/c1-5-14(9-6-7-10-14)12(15)8-11-13(2,3)16-4/h12H,5-11,15H2,1-4H3. The second-order valence-corrected chi connectivity index (χ2v) is 6.03. The lowest BCUT2D eigenvalue weighted by Crippen LogP contribution is -2.41. The SMILES string of the molecule is CCC1(C(N)CCC(C)(C)OC)CCCC1. The number of hydrogen-bond donors (Lipinski definition) is 1. The van der Waals surface area contributed by atoms with E-state index in [1.807, 2.05) is 0 Å². The monoisotopic (exact) mass is 227 g/mol. The molecule has 2 N–H and O–H groups in total. The van der Waals surface area contributed by atoms with Crippen LogP contribution in [0, 0.1) is 5.41 Å². The highest BCUT2D eigenvalue weighted by Crippen LogP contribution is 2.44. The van der Waals surface area contributed by atoms with Gasteiger partial charge in [-0.3, -0.25) is 0 Å². The van der Waals surface area contributed by atoms with E-state index in [1.54, 1.807) is 7.11 Å². The van der Waals surface area contributed by atoms with E-state index in [4.69, 9.17) is 10.5 Å². The number of hydrogen-bond acceptors (Lipinski definition) is 2. The third-order valence-electron chi connectivity index (χ3n) is 4.70. The van der Waals surface area contributed by atoms with Crippen molar-refractivity contribution in [2.75, 3.05) is 7.11 Å². The van der Waals surface area contributed by atoms with Gasteiger partial charge in [-0.1, -0.05) is 19.8 Å². The quantitative estimate of drug-likeness (QED) is 0.754. The topological polar surface area (TPSA) is 35.2 Å². The van der Waals surface area contributed by atoms with Gasteiger partial charge in [-0.2, -0.15) is 0 Å². The number of ether oxygens (including phenoxy) is 1. The Morgan fingerprint density at radius 1 is 1.31 bits per heavy atom. The zero-order chi connectivity index (χ0) is 12.2. The smallest absolute Gasteiger partial charge is 0.0623 e. The first kappa shape index (κ1) is 14.0. The molecule has 1 rings (SSSR count). The lowest BCUT2D eigenvalue weighted by Gasteiger charge is -2.36. The lowest BCUT2D eigenvalue weighted by atomic mass is 9.74. The van der Waals surface area contributed by atoms with Gasteiger partial charge in [-0.05, 0) is 51.4 Å². The van der Waals surface area contributed by atoms with Crippen LogP contribution in [-0.4, -0.2) is 18.8 Å². The van der Waals surface area contributed by atoms with Crippen LogP contribution in [0.5, 0.6) is 0 Å². The molecule has 0 aliphatic heterocycles. The van der Waals surface area contributed by atoms with Crippen LogP contribution >= 0.6 is 0 Å². The minimum Gasteiger partial charge on any atom is -0.379 e. The zero-order valence-electron chi connectivity index (χ0n) is 11.5. The van der Waals surface area contributed by atoms with Gasteiger partial charge in [0.05, 0.1) is 5.60 Å². The van der Waals surface area contributed by atoms with Crippen LogP contribution in [0.2, 0.25) is 0 Å². The molecule has 1 atom stereocenters. The number of rotatable bonds is 6. The first-order valence-corrected chi connectivity index (χ1v) is 6.76. The van der Waals surface area contributed by atoms with Crippen molar-refractivity contribution in [1.29, 1.82) is 0 Å². The molecule has 0 spiro atoms. The van der Waals surface area contributed by atoms with Crippen LogP contribution in [0.25, 0.3) is 0 Å². The number of nitrogens with two attached hydrogens (primary N) is 1. The fourth-order valence-corrected chi connectivity index (χ4v) is 2.98. The minimum atomic E-state index is -0.0227. The Bertz CT molecular complexity index is 207. The molecule has 0 amide bonds.